The number of aromatic amines is 2. The minimum atomic E-state index is -5.34. The fourth-order valence-electron chi connectivity index (χ4n) is 7.89. The fourth-order valence-corrected chi connectivity index (χ4v) is 10.3. The van der Waals surface area contributed by atoms with Crippen molar-refractivity contribution in [2.24, 2.45) is 20.5 Å². The third-order valence-corrected chi connectivity index (χ3v) is 15.1. The second-order valence-corrected chi connectivity index (χ2v) is 23.3. The van der Waals surface area contributed by atoms with Crippen molar-refractivity contribution in [3.05, 3.63) is 117 Å². The maximum Gasteiger partial charge on any atom is 0.351 e. The van der Waals surface area contributed by atoms with E-state index in [1.165, 1.54) is 36.4 Å². The molecule has 8 aromatic rings. The van der Waals surface area contributed by atoms with Crippen LogP contribution in [0.25, 0.3) is 21.5 Å². The largest absolute Gasteiger partial charge is 0.505 e. The number of hydrogen-bond acceptors (Lipinski definition) is 28. The van der Waals surface area contributed by atoms with Crippen molar-refractivity contribution in [1.82, 2.24) is 40.8 Å². The summed E-state index contributed by atoms with van der Waals surface area (Å²) in [6.45, 7) is 0. The molecule has 0 saturated carbocycles. The molecule has 0 aliphatic heterocycles. The molecule has 0 radical (unpaired) electrons. The zero-order valence-corrected chi connectivity index (χ0v) is 46.7. The smallest absolute Gasteiger partial charge is 0.351 e. The number of unbranched alkanes of at least 4 members (excludes halogenated alkanes) is 1. The van der Waals surface area contributed by atoms with Gasteiger partial charge in [0, 0.05) is 23.6 Å². The van der Waals surface area contributed by atoms with E-state index in [2.05, 4.69) is 82.7 Å². The molecule has 0 spiro atoms. The van der Waals surface area contributed by atoms with E-state index in [4.69, 9.17) is 0 Å². The Morgan fingerprint density at radius 1 is 0.489 bits per heavy atom. The lowest BCUT2D eigenvalue weighted by Crippen LogP contribution is -2.32. The van der Waals surface area contributed by atoms with Gasteiger partial charge < -0.3 is 31.1 Å². The molecule has 0 bridgehead atoms. The van der Waals surface area contributed by atoms with Crippen LogP contribution in [0.5, 0.6) is 11.5 Å². The zero-order valence-electron chi connectivity index (χ0n) is 43.4. The summed E-state index contributed by atoms with van der Waals surface area (Å²) < 4.78 is 139. The first-order valence-electron chi connectivity index (χ1n) is 23.9. The highest BCUT2D eigenvalue weighted by molar-refractivity contribution is 7.86. The number of carboxylic acids is 2. The highest BCUT2D eigenvalue weighted by Crippen LogP contribution is 2.47. The molecule has 0 fully saturated rings. The number of nitrogens with one attached hydrogen (secondary N) is 8. The molecule has 2 amide bonds. The molecule has 0 aliphatic carbocycles. The number of carboxylic acid groups (broad SMARTS) is 2. The molecule has 8 rings (SSSR count). The number of carbonyl (C=O) groups excluding carboxylic acids is 2. The molecule has 458 valence electrons. The van der Waals surface area contributed by atoms with Gasteiger partial charge in [-0.25, -0.2) is 19.2 Å². The number of aromatic nitrogens is 6. The van der Waals surface area contributed by atoms with E-state index in [0.717, 1.165) is 12.1 Å². The standard InChI is InChI=1S/C46H38N16O22S4/c63-31(57-61-43-49-41(51-45(71)53-43)47-27-17-21(85(73,74)75)13-19-15-29(87(79,80)81)35(37(65)33(19)27)59-55-25-9-3-1-7-23(25)39(67)68)11-5-6-12-32(64)58-62-44-50-42(52-46(72)54-44)48-28-18-22(86(76,77)78)14-20-16-30(88(82,83)84)36(38(66)34(20)28)60-56-26-10-4-2-8-24(26)40(69)70/h1-4,7-10,13-18,65-66H,5-6,11-12H2,(H,57,63)(H,58,64)(H,67,68)(H,69,70)(H,73,74,75)(H,76,77,78)(H,79,80,81)(H,82,83,84)(H3,47,49,51,53,61,71)(H3,48,50,52,54,62,72). The number of hydrazine groups is 2. The maximum absolute atomic E-state index is 12.8. The van der Waals surface area contributed by atoms with E-state index in [9.17, 15) is 101 Å². The molecule has 42 heteroatoms. The number of aromatic carboxylic acids is 2. The molecule has 0 saturated heterocycles. The summed E-state index contributed by atoms with van der Waals surface area (Å²) in [6, 6.07) is 14.0. The van der Waals surface area contributed by atoms with Crippen molar-refractivity contribution in [2.45, 2.75) is 45.3 Å². The highest BCUT2D eigenvalue weighted by atomic mass is 32.2. The van der Waals surface area contributed by atoms with Crippen molar-refractivity contribution >= 4 is 144 Å². The van der Waals surface area contributed by atoms with Crippen LogP contribution in [0.15, 0.2) is 135 Å². The monoisotopic (exact) mass is 1290 g/mol. The van der Waals surface area contributed by atoms with E-state index >= 15 is 0 Å². The summed E-state index contributed by atoms with van der Waals surface area (Å²) in [7, 11) is -20.9. The van der Waals surface area contributed by atoms with Crippen molar-refractivity contribution in [1.29, 1.82) is 0 Å². The number of amides is 2. The first-order valence-corrected chi connectivity index (χ1v) is 29.7. The van der Waals surface area contributed by atoms with Gasteiger partial charge in [-0.15, -0.1) is 20.5 Å². The molecular formula is C46H38N16O22S4. The number of benzene rings is 6. The number of H-pyrrole nitrogens is 2. The Balaban J connectivity index is 0.925. The molecular weight excluding hydrogens is 1260 g/mol. The summed E-state index contributed by atoms with van der Waals surface area (Å²) in [6.07, 6.45) is -0.527. The van der Waals surface area contributed by atoms with Crippen LogP contribution >= 0.6 is 0 Å². The van der Waals surface area contributed by atoms with E-state index in [-0.39, 0.29) is 37.1 Å². The molecule has 0 atom stereocenters. The third kappa shape index (κ3) is 14.9. The number of phenols is 2. The summed E-state index contributed by atoms with van der Waals surface area (Å²) >= 11 is 0. The van der Waals surface area contributed by atoms with Crippen LogP contribution < -0.4 is 43.7 Å². The van der Waals surface area contributed by atoms with Crippen LogP contribution in [0.2, 0.25) is 0 Å². The van der Waals surface area contributed by atoms with Crippen LogP contribution in [0.4, 0.5) is 57.9 Å². The van der Waals surface area contributed by atoms with Gasteiger partial charge in [-0.1, -0.05) is 24.3 Å². The van der Waals surface area contributed by atoms with E-state index in [1.54, 1.807) is 0 Å². The van der Waals surface area contributed by atoms with Gasteiger partial charge >= 0.3 is 23.3 Å². The Bertz CT molecular complexity index is 4610. The number of rotatable bonds is 23. The molecule has 2 aromatic heterocycles. The Labute approximate surface area is 489 Å². The van der Waals surface area contributed by atoms with Crippen molar-refractivity contribution in [3.63, 3.8) is 0 Å². The Morgan fingerprint density at radius 2 is 0.852 bits per heavy atom. The summed E-state index contributed by atoms with van der Waals surface area (Å²) in [5.74, 6) is -9.13. The molecule has 2 heterocycles. The summed E-state index contributed by atoms with van der Waals surface area (Å²) in [4.78, 5) is 89.6. The summed E-state index contributed by atoms with van der Waals surface area (Å²) in [5.41, 5.74) is 2.11. The van der Waals surface area contributed by atoms with Crippen LogP contribution in [-0.2, 0) is 50.1 Å². The fraction of sp³-hybridized carbons (Fsp3) is 0.0870. The lowest BCUT2D eigenvalue weighted by atomic mass is 10.1. The number of nitrogens with zero attached hydrogens (tertiary/aromatic N) is 8. The highest BCUT2D eigenvalue weighted by Gasteiger charge is 2.29. The zero-order chi connectivity index (χ0) is 64.2. The SMILES string of the molecule is O=C(CCCCC(=O)NNc1nc(Nc2cc(S(=O)(=O)O)cc3cc(S(=O)(=O)O)c(N=Nc4ccccc4C(=O)O)c(O)c23)nc(=O)[nH]1)NNc1nc(Nc2cc(S(=O)(=O)O)cc3cc(S(=O)(=O)O)c(N=Nc4ccccc4C(=O)O)c(O)c23)nc(=O)[nH]1. The van der Waals surface area contributed by atoms with Crippen LogP contribution in [-0.4, -0.2) is 126 Å². The Hall–Kier alpha value is -11.0. The first kappa shape index (κ1) is 63.0. The number of carbonyl (C=O) groups is 4. The average Bonchev–Trinajstić information content (AvgIpc) is 1.28. The second-order valence-electron chi connectivity index (χ2n) is 17.7. The van der Waals surface area contributed by atoms with Gasteiger partial charge in [0.1, 0.15) is 32.5 Å². The number of hydrogen-bond donors (Lipinski definition) is 16. The predicted molar refractivity (Wildman–Crippen MR) is 300 cm³/mol. The van der Waals surface area contributed by atoms with E-state index in [1.807, 2.05) is 0 Å². The number of anilines is 6. The third-order valence-electron chi connectivity index (χ3n) is 11.7. The van der Waals surface area contributed by atoms with Gasteiger partial charge in [-0.05, 0) is 84.3 Å². The van der Waals surface area contributed by atoms with Gasteiger partial charge in [0.25, 0.3) is 40.5 Å². The molecule has 0 aliphatic rings. The van der Waals surface area contributed by atoms with Crippen molar-refractivity contribution in [2.75, 3.05) is 21.5 Å². The van der Waals surface area contributed by atoms with Crippen LogP contribution in [0, 0.1) is 0 Å². The Morgan fingerprint density at radius 3 is 1.19 bits per heavy atom. The van der Waals surface area contributed by atoms with Crippen molar-refractivity contribution in [3.8, 4) is 11.5 Å². The van der Waals surface area contributed by atoms with Crippen LogP contribution in [0.3, 0.4) is 0 Å². The molecule has 6 aromatic carbocycles. The minimum absolute atomic E-state index is 0.0217. The lowest BCUT2D eigenvalue weighted by Gasteiger charge is -2.15. The van der Waals surface area contributed by atoms with E-state index < -0.39 is 186 Å². The van der Waals surface area contributed by atoms with E-state index in [0.29, 0.717) is 36.4 Å². The maximum atomic E-state index is 12.8. The van der Waals surface area contributed by atoms with Gasteiger partial charge in [-0.2, -0.15) is 53.6 Å². The number of aromatic hydroxyl groups is 2. The second kappa shape index (κ2) is 24.9. The van der Waals surface area contributed by atoms with Gasteiger partial charge in [0.2, 0.25) is 35.6 Å². The number of azo groups is 2. The molecule has 0 unspecified atom stereocenters. The molecule has 16 N–H and O–H groups in total. The molecule has 88 heavy (non-hydrogen) atoms. The lowest BCUT2D eigenvalue weighted by molar-refractivity contribution is -0.122. The van der Waals surface area contributed by atoms with Crippen molar-refractivity contribution < 1.29 is 91.5 Å². The normalized spacial score (nSPS) is 12.1. The van der Waals surface area contributed by atoms with Gasteiger partial charge in [0.05, 0.1) is 32.3 Å². The quantitative estimate of drug-likeness (QED) is 0.0184. The van der Waals surface area contributed by atoms with Gasteiger partial charge in [-0.3, -0.25) is 59.5 Å². The first-order chi connectivity index (χ1) is 41.2. The van der Waals surface area contributed by atoms with Gasteiger partial charge in [0.15, 0.2) is 11.5 Å². The minimum Gasteiger partial charge on any atom is -0.505 e. The Kier molecular flexibility index (Phi) is 17.8. The topological polar surface area (TPSA) is 606 Å². The van der Waals surface area contributed by atoms with Crippen LogP contribution in [0.1, 0.15) is 46.4 Å². The predicted octanol–water partition coefficient (Wildman–Crippen LogP) is 4.21. The average molecular weight is 1300 g/mol. The number of phenolic OH excluding ortho intramolecular Hbond substituents is 2. The summed E-state index contributed by atoms with van der Waals surface area (Å²) in [5, 5.41) is 59.7. The number of fused-ring (bicyclic) bond motifs is 2. The molecule has 38 nitrogen and oxygen atoms in total.